The average molecular weight is 363 g/mol. The van der Waals surface area contributed by atoms with Crippen LogP contribution in [0.1, 0.15) is 9.67 Å². The summed E-state index contributed by atoms with van der Waals surface area (Å²) in [5.74, 6) is -2.43. The van der Waals surface area contributed by atoms with Crippen LogP contribution in [-0.4, -0.2) is 11.1 Å². The molecular weight excluding hydrogens is 352 g/mol. The molecule has 0 bridgehead atoms. The van der Waals surface area contributed by atoms with Crippen molar-refractivity contribution in [2.75, 3.05) is 4.72 Å². The summed E-state index contributed by atoms with van der Waals surface area (Å²) in [6.45, 7) is 0. The first kappa shape index (κ1) is 16.5. The third kappa shape index (κ3) is 3.58. The third-order valence-electron chi connectivity index (χ3n) is 3.15. The van der Waals surface area contributed by atoms with Gasteiger partial charge in [-0.2, -0.15) is 0 Å². The number of carbonyl (C=O) groups is 1. The molecule has 0 aliphatic carbocycles. The molecule has 0 spiro atoms. The maximum absolute atomic E-state index is 13.7. The molecule has 0 amide bonds. The standard InChI is InChI=1S/C17H11F2NO2S2/c18-11-6-7-14(12(19)8-11)24-20-13-9-15(23-16(13)17(21)22)10-4-2-1-3-5-10/h1-9,20H,(H,21,22). The molecule has 0 saturated heterocycles. The number of halogens is 2. The van der Waals surface area contributed by atoms with Gasteiger partial charge in [0.2, 0.25) is 0 Å². The lowest BCUT2D eigenvalue weighted by atomic mass is 10.2. The number of rotatable bonds is 5. The number of anilines is 1. The second kappa shape index (κ2) is 7.02. The molecule has 0 aliphatic rings. The van der Waals surface area contributed by atoms with Gasteiger partial charge in [-0.3, -0.25) is 0 Å². The van der Waals surface area contributed by atoms with Crippen LogP contribution in [0.3, 0.4) is 0 Å². The molecule has 0 unspecified atom stereocenters. The van der Waals surface area contributed by atoms with Crippen molar-refractivity contribution in [3.05, 3.63) is 71.1 Å². The Hall–Kier alpha value is -2.38. The second-order valence-electron chi connectivity index (χ2n) is 4.80. The number of carboxylic acids is 1. The highest BCUT2D eigenvalue weighted by molar-refractivity contribution is 8.00. The quantitative estimate of drug-likeness (QED) is 0.587. The third-order valence-corrected chi connectivity index (χ3v) is 5.19. The number of hydrogen-bond acceptors (Lipinski definition) is 4. The lowest BCUT2D eigenvalue weighted by molar-refractivity contribution is 0.0703. The molecule has 7 heteroatoms. The molecule has 2 aromatic carbocycles. The van der Waals surface area contributed by atoms with E-state index in [1.54, 1.807) is 6.07 Å². The number of nitrogens with one attached hydrogen (secondary N) is 1. The van der Waals surface area contributed by atoms with Crippen LogP contribution < -0.4 is 4.72 Å². The largest absolute Gasteiger partial charge is 0.477 e. The predicted octanol–water partition coefficient (Wildman–Crippen LogP) is 5.51. The zero-order valence-corrected chi connectivity index (χ0v) is 13.8. The van der Waals surface area contributed by atoms with Crippen LogP contribution in [0.25, 0.3) is 10.4 Å². The Morgan fingerprint density at radius 3 is 2.50 bits per heavy atom. The lowest BCUT2D eigenvalue weighted by Crippen LogP contribution is -1.97. The minimum atomic E-state index is -1.06. The van der Waals surface area contributed by atoms with E-state index in [-0.39, 0.29) is 9.77 Å². The zero-order chi connectivity index (χ0) is 17.1. The van der Waals surface area contributed by atoms with Crippen molar-refractivity contribution < 1.29 is 18.7 Å². The van der Waals surface area contributed by atoms with E-state index < -0.39 is 17.6 Å². The fraction of sp³-hybridized carbons (Fsp3) is 0. The van der Waals surface area contributed by atoms with Crippen molar-refractivity contribution in [3.63, 3.8) is 0 Å². The van der Waals surface area contributed by atoms with E-state index in [0.29, 0.717) is 5.69 Å². The van der Waals surface area contributed by atoms with Crippen LogP contribution in [0.15, 0.2) is 59.5 Å². The van der Waals surface area contributed by atoms with E-state index in [1.165, 1.54) is 6.07 Å². The Kier molecular flexibility index (Phi) is 4.82. The summed E-state index contributed by atoms with van der Waals surface area (Å²) in [6.07, 6.45) is 0. The summed E-state index contributed by atoms with van der Waals surface area (Å²) in [4.78, 5) is 12.5. The first-order valence-corrected chi connectivity index (χ1v) is 8.48. The molecule has 1 heterocycles. The Labute approximate surface area is 145 Å². The summed E-state index contributed by atoms with van der Waals surface area (Å²) < 4.78 is 29.4. The molecule has 3 rings (SSSR count). The molecule has 122 valence electrons. The van der Waals surface area contributed by atoms with Crippen LogP contribution in [0.2, 0.25) is 0 Å². The molecule has 0 aliphatic heterocycles. The highest BCUT2D eigenvalue weighted by Crippen LogP contribution is 2.37. The highest BCUT2D eigenvalue weighted by atomic mass is 32.2. The molecule has 0 fully saturated rings. The minimum absolute atomic E-state index is 0.129. The van der Waals surface area contributed by atoms with Gasteiger partial charge in [0.25, 0.3) is 0 Å². The number of thiophene rings is 1. The van der Waals surface area contributed by atoms with Crippen LogP contribution in [0.4, 0.5) is 14.5 Å². The number of benzene rings is 2. The normalized spacial score (nSPS) is 10.6. The number of aromatic carboxylic acids is 1. The Morgan fingerprint density at radius 1 is 1.08 bits per heavy atom. The van der Waals surface area contributed by atoms with Gasteiger partial charge in [0.15, 0.2) is 0 Å². The van der Waals surface area contributed by atoms with Gasteiger partial charge in [0.1, 0.15) is 16.5 Å². The Morgan fingerprint density at radius 2 is 1.83 bits per heavy atom. The zero-order valence-electron chi connectivity index (χ0n) is 12.1. The van der Waals surface area contributed by atoms with E-state index in [4.69, 9.17) is 0 Å². The molecule has 0 radical (unpaired) electrons. The fourth-order valence-electron chi connectivity index (χ4n) is 2.04. The van der Waals surface area contributed by atoms with Crippen molar-refractivity contribution in [1.82, 2.24) is 0 Å². The van der Waals surface area contributed by atoms with Gasteiger partial charge >= 0.3 is 5.97 Å². The second-order valence-corrected chi connectivity index (χ2v) is 6.70. The molecular formula is C17H11F2NO2S2. The highest BCUT2D eigenvalue weighted by Gasteiger charge is 2.17. The first-order valence-electron chi connectivity index (χ1n) is 6.85. The lowest BCUT2D eigenvalue weighted by Gasteiger charge is -2.05. The van der Waals surface area contributed by atoms with Gasteiger partial charge in [-0.15, -0.1) is 11.3 Å². The van der Waals surface area contributed by atoms with Crippen LogP contribution in [-0.2, 0) is 0 Å². The SMILES string of the molecule is O=C(O)c1sc(-c2ccccc2)cc1NSc1ccc(F)cc1F. The smallest absolute Gasteiger partial charge is 0.348 e. The van der Waals surface area contributed by atoms with E-state index in [2.05, 4.69) is 4.72 Å². The van der Waals surface area contributed by atoms with Crippen LogP contribution in [0, 0.1) is 11.6 Å². The summed E-state index contributed by atoms with van der Waals surface area (Å²) >= 11 is 2.03. The number of carboxylic acid groups (broad SMARTS) is 1. The summed E-state index contributed by atoms with van der Waals surface area (Å²) in [7, 11) is 0. The van der Waals surface area contributed by atoms with Gasteiger partial charge in [-0.05, 0) is 35.7 Å². The van der Waals surface area contributed by atoms with Crippen molar-refractivity contribution in [2.24, 2.45) is 0 Å². The van der Waals surface area contributed by atoms with Crippen molar-refractivity contribution >= 4 is 34.9 Å². The van der Waals surface area contributed by atoms with Crippen molar-refractivity contribution in [2.45, 2.75) is 4.90 Å². The van der Waals surface area contributed by atoms with E-state index in [9.17, 15) is 18.7 Å². The Balaban J connectivity index is 1.87. The van der Waals surface area contributed by atoms with Gasteiger partial charge in [0.05, 0.1) is 10.6 Å². The summed E-state index contributed by atoms with van der Waals surface area (Å²) in [6, 6.07) is 14.3. The summed E-state index contributed by atoms with van der Waals surface area (Å²) in [5, 5.41) is 9.35. The Bertz CT molecular complexity index is 882. The predicted molar refractivity (Wildman–Crippen MR) is 92.6 cm³/mol. The van der Waals surface area contributed by atoms with E-state index >= 15 is 0 Å². The minimum Gasteiger partial charge on any atom is -0.477 e. The van der Waals surface area contributed by atoms with Gasteiger partial charge in [-0.25, -0.2) is 13.6 Å². The first-order chi connectivity index (χ1) is 11.5. The maximum atomic E-state index is 13.7. The monoisotopic (exact) mass is 363 g/mol. The molecule has 1 aromatic heterocycles. The van der Waals surface area contributed by atoms with E-state index in [0.717, 1.165) is 45.9 Å². The fourth-order valence-corrected chi connectivity index (χ4v) is 3.73. The van der Waals surface area contributed by atoms with Crippen molar-refractivity contribution in [3.8, 4) is 10.4 Å². The molecule has 2 N–H and O–H groups in total. The average Bonchev–Trinajstić information content (AvgIpc) is 2.99. The molecule has 0 atom stereocenters. The van der Waals surface area contributed by atoms with Crippen LogP contribution >= 0.6 is 23.3 Å². The molecule has 3 nitrogen and oxygen atoms in total. The van der Waals surface area contributed by atoms with Gasteiger partial charge in [-0.1, -0.05) is 30.3 Å². The summed E-state index contributed by atoms with van der Waals surface area (Å²) in [5.41, 5.74) is 1.27. The van der Waals surface area contributed by atoms with E-state index in [1.807, 2.05) is 30.3 Å². The molecule has 3 aromatic rings. The number of hydrogen-bond donors (Lipinski definition) is 2. The van der Waals surface area contributed by atoms with Gasteiger partial charge < -0.3 is 9.83 Å². The maximum Gasteiger partial charge on any atom is 0.348 e. The molecule has 0 saturated carbocycles. The molecule has 24 heavy (non-hydrogen) atoms. The topological polar surface area (TPSA) is 49.3 Å². The van der Waals surface area contributed by atoms with Crippen molar-refractivity contribution in [1.29, 1.82) is 0 Å². The van der Waals surface area contributed by atoms with Gasteiger partial charge in [0, 0.05) is 10.9 Å². The van der Waals surface area contributed by atoms with Crippen LogP contribution in [0.5, 0.6) is 0 Å².